The Morgan fingerprint density at radius 2 is 1.53 bits per heavy atom. The fraction of sp³-hybridized carbons (Fsp3) is 0.818. The van der Waals surface area contributed by atoms with Crippen molar-refractivity contribution in [2.24, 2.45) is 16.7 Å². The number of aliphatic hydroxyl groups excluding tert-OH is 1. The van der Waals surface area contributed by atoms with Crippen molar-refractivity contribution >= 4 is 35.6 Å². The summed E-state index contributed by atoms with van der Waals surface area (Å²) in [5.41, 5.74) is -1.83. The Labute approximate surface area is 194 Å². The van der Waals surface area contributed by atoms with E-state index in [-0.39, 0.29) is 32.0 Å². The molecule has 0 aromatic carbocycles. The van der Waals surface area contributed by atoms with E-state index in [1.54, 1.807) is 27.7 Å². The van der Waals surface area contributed by atoms with Crippen LogP contribution in [0.3, 0.4) is 0 Å². The van der Waals surface area contributed by atoms with Crippen LogP contribution in [0, 0.1) is 16.7 Å². The number of ether oxygens (including phenoxy) is 4. The van der Waals surface area contributed by atoms with Crippen molar-refractivity contribution < 1.29 is 43.2 Å². The van der Waals surface area contributed by atoms with Crippen LogP contribution in [0.25, 0.3) is 0 Å². The van der Waals surface area contributed by atoms with Crippen molar-refractivity contribution in [2.45, 2.75) is 60.0 Å². The lowest BCUT2D eigenvalue weighted by atomic mass is 9.75. The minimum absolute atomic E-state index is 0.0711. The molecule has 0 aromatic heterocycles. The van der Waals surface area contributed by atoms with Crippen LogP contribution in [0.5, 0.6) is 0 Å². The minimum Gasteiger partial charge on any atom is -0.469 e. The number of methoxy groups -OCH3 is 2. The highest BCUT2D eigenvalue weighted by atomic mass is 32.2. The zero-order chi connectivity index (χ0) is 24.9. The fourth-order valence-corrected chi connectivity index (χ4v) is 4.13. The molecule has 0 heterocycles. The molecule has 186 valence electrons. The Balaban J connectivity index is 4.47. The average molecular weight is 479 g/mol. The molecule has 0 aliphatic carbocycles. The maximum Gasteiger partial charge on any atom is 0.312 e. The van der Waals surface area contributed by atoms with Gasteiger partial charge < -0.3 is 24.1 Å². The molecule has 9 nitrogen and oxygen atoms in total. The van der Waals surface area contributed by atoms with Crippen molar-refractivity contribution in [3.63, 3.8) is 0 Å². The first-order valence-electron chi connectivity index (χ1n) is 10.6. The van der Waals surface area contributed by atoms with Gasteiger partial charge in [-0.1, -0.05) is 13.8 Å². The second-order valence-electron chi connectivity index (χ2n) is 8.68. The highest BCUT2D eigenvalue weighted by molar-refractivity contribution is 7.99. The molecular formula is C22H38O9S. The van der Waals surface area contributed by atoms with Crippen LogP contribution in [0.15, 0.2) is 0 Å². The standard InChI is InChI=1S/C22H38O9S/c1-8-15(2)18(25)31-12-16(23)11-30-17(24)9-10-32-14-22(5,20(27)29-7)13-21(3,4)19(26)28-6/h15-16,23H,8-14H2,1-7H3. The quantitative estimate of drug-likeness (QED) is 0.213. The van der Waals surface area contributed by atoms with Gasteiger partial charge in [0.05, 0.1) is 37.4 Å². The van der Waals surface area contributed by atoms with Gasteiger partial charge in [-0.3, -0.25) is 19.2 Å². The third kappa shape index (κ3) is 10.7. The van der Waals surface area contributed by atoms with Gasteiger partial charge in [-0.15, -0.1) is 0 Å². The molecule has 1 N–H and O–H groups in total. The lowest BCUT2D eigenvalue weighted by Gasteiger charge is -2.33. The summed E-state index contributed by atoms with van der Waals surface area (Å²) in [5.74, 6) is -1.33. The highest BCUT2D eigenvalue weighted by Crippen LogP contribution is 2.38. The van der Waals surface area contributed by atoms with Gasteiger partial charge in [-0.25, -0.2) is 0 Å². The molecule has 3 unspecified atom stereocenters. The van der Waals surface area contributed by atoms with Crippen LogP contribution in [0.4, 0.5) is 0 Å². The number of carbonyl (C=O) groups is 4. The van der Waals surface area contributed by atoms with E-state index in [9.17, 15) is 24.3 Å². The second kappa shape index (κ2) is 14.4. The number of esters is 4. The highest BCUT2D eigenvalue weighted by Gasteiger charge is 2.43. The van der Waals surface area contributed by atoms with Crippen LogP contribution in [0.2, 0.25) is 0 Å². The Bertz CT molecular complexity index is 635. The van der Waals surface area contributed by atoms with Crippen molar-refractivity contribution in [3.8, 4) is 0 Å². The molecule has 0 saturated heterocycles. The summed E-state index contributed by atoms with van der Waals surface area (Å²) in [6.45, 7) is 8.19. The molecule has 3 atom stereocenters. The molecule has 0 aliphatic heterocycles. The van der Waals surface area contributed by atoms with E-state index in [4.69, 9.17) is 18.9 Å². The van der Waals surface area contributed by atoms with E-state index in [0.717, 1.165) is 0 Å². The molecule has 0 fully saturated rings. The smallest absolute Gasteiger partial charge is 0.312 e. The first kappa shape index (κ1) is 30.2. The number of hydrogen-bond acceptors (Lipinski definition) is 10. The monoisotopic (exact) mass is 478 g/mol. The Hall–Kier alpha value is -1.81. The van der Waals surface area contributed by atoms with E-state index < -0.39 is 40.8 Å². The predicted octanol–water partition coefficient (Wildman–Crippen LogP) is 2.37. The molecule has 0 aliphatic rings. The van der Waals surface area contributed by atoms with E-state index in [1.807, 2.05) is 6.92 Å². The second-order valence-corrected chi connectivity index (χ2v) is 9.79. The first-order chi connectivity index (χ1) is 14.8. The van der Waals surface area contributed by atoms with Crippen molar-refractivity contribution in [1.29, 1.82) is 0 Å². The Morgan fingerprint density at radius 1 is 0.969 bits per heavy atom. The van der Waals surface area contributed by atoms with Gasteiger partial charge in [0.2, 0.25) is 0 Å². The van der Waals surface area contributed by atoms with Gasteiger partial charge in [0.25, 0.3) is 0 Å². The molecule has 0 saturated carbocycles. The van der Waals surface area contributed by atoms with Gasteiger partial charge in [0, 0.05) is 11.5 Å². The predicted molar refractivity (Wildman–Crippen MR) is 120 cm³/mol. The van der Waals surface area contributed by atoms with Crippen molar-refractivity contribution in [2.75, 3.05) is 38.9 Å². The van der Waals surface area contributed by atoms with Gasteiger partial charge in [0.15, 0.2) is 0 Å². The molecule has 10 heteroatoms. The third-order valence-corrected chi connectivity index (χ3v) is 6.32. The number of hydrogen-bond donors (Lipinski definition) is 1. The van der Waals surface area contributed by atoms with Gasteiger partial charge >= 0.3 is 23.9 Å². The number of carbonyl (C=O) groups excluding carboxylic acids is 4. The zero-order valence-electron chi connectivity index (χ0n) is 20.2. The average Bonchev–Trinajstić information content (AvgIpc) is 2.76. The fourth-order valence-electron chi connectivity index (χ4n) is 3.00. The Kier molecular flexibility index (Phi) is 13.5. The minimum atomic E-state index is -1.09. The SMILES string of the molecule is CCC(C)C(=O)OCC(O)COC(=O)CCSCC(C)(CC(C)(C)C(=O)OC)C(=O)OC. The number of aliphatic hydroxyl groups is 1. The molecule has 0 spiro atoms. The zero-order valence-corrected chi connectivity index (χ0v) is 21.0. The van der Waals surface area contributed by atoms with E-state index in [2.05, 4.69) is 0 Å². The maximum absolute atomic E-state index is 12.4. The molecule has 0 aromatic rings. The largest absolute Gasteiger partial charge is 0.469 e. The topological polar surface area (TPSA) is 125 Å². The van der Waals surface area contributed by atoms with Crippen LogP contribution < -0.4 is 0 Å². The van der Waals surface area contributed by atoms with Gasteiger partial charge in [0.1, 0.15) is 19.3 Å². The normalized spacial score (nSPS) is 15.1. The number of rotatable bonds is 15. The summed E-state index contributed by atoms with van der Waals surface area (Å²) < 4.78 is 19.7. The summed E-state index contributed by atoms with van der Waals surface area (Å²) in [5, 5.41) is 9.79. The summed E-state index contributed by atoms with van der Waals surface area (Å²) in [6, 6.07) is 0. The number of thioether (sulfide) groups is 1. The van der Waals surface area contributed by atoms with E-state index >= 15 is 0 Å². The maximum atomic E-state index is 12.4. The summed E-state index contributed by atoms with van der Waals surface area (Å²) in [7, 11) is 2.59. The molecule has 0 amide bonds. The van der Waals surface area contributed by atoms with E-state index in [0.29, 0.717) is 17.9 Å². The molecule has 32 heavy (non-hydrogen) atoms. The molecule has 0 bridgehead atoms. The summed E-state index contributed by atoms with van der Waals surface area (Å²) in [4.78, 5) is 47.9. The lowest BCUT2D eigenvalue weighted by molar-refractivity contribution is -0.158. The Morgan fingerprint density at radius 3 is 2.06 bits per heavy atom. The first-order valence-corrected chi connectivity index (χ1v) is 11.7. The van der Waals surface area contributed by atoms with Crippen molar-refractivity contribution in [3.05, 3.63) is 0 Å². The van der Waals surface area contributed by atoms with Crippen LogP contribution in [0.1, 0.15) is 53.9 Å². The van der Waals surface area contributed by atoms with Gasteiger partial charge in [-0.2, -0.15) is 11.8 Å². The van der Waals surface area contributed by atoms with E-state index in [1.165, 1.54) is 26.0 Å². The third-order valence-electron chi connectivity index (χ3n) is 4.99. The summed E-state index contributed by atoms with van der Waals surface area (Å²) >= 11 is 1.36. The molecular weight excluding hydrogens is 440 g/mol. The van der Waals surface area contributed by atoms with Crippen LogP contribution in [-0.4, -0.2) is 74.0 Å². The lowest BCUT2D eigenvalue weighted by Crippen LogP contribution is -2.40. The summed E-state index contributed by atoms with van der Waals surface area (Å²) in [6.07, 6.45) is -0.167. The van der Waals surface area contributed by atoms with Crippen molar-refractivity contribution in [1.82, 2.24) is 0 Å². The van der Waals surface area contributed by atoms with Crippen LogP contribution >= 0.6 is 11.8 Å². The molecule has 0 radical (unpaired) electrons. The van der Waals surface area contributed by atoms with Crippen LogP contribution in [-0.2, 0) is 38.1 Å². The molecule has 0 rings (SSSR count). The van der Waals surface area contributed by atoms with Gasteiger partial charge in [-0.05, 0) is 33.6 Å².